The van der Waals surface area contributed by atoms with E-state index in [0.29, 0.717) is 12.0 Å². The summed E-state index contributed by atoms with van der Waals surface area (Å²) in [7, 11) is -3.96. The van der Waals surface area contributed by atoms with Gasteiger partial charge in [0.25, 0.3) is 0 Å². The second kappa shape index (κ2) is 6.45. The molecule has 1 aromatic carbocycles. The van der Waals surface area contributed by atoms with Gasteiger partial charge in [-0.1, -0.05) is 19.9 Å². The van der Waals surface area contributed by atoms with Crippen molar-refractivity contribution in [3.8, 4) is 0 Å². The van der Waals surface area contributed by atoms with Crippen LogP contribution in [0.15, 0.2) is 23.1 Å². The predicted molar refractivity (Wildman–Crippen MR) is 71.8 cm³/mol. The summed E-state index contributed by atoms with van der Waals surface area (Å²) in [5.41, 5.74) is 0.659. The highest BCUT2D eigenvalue weighted by atomic mass is 32.2. The summed E-state index contributed by atoms with van der Waals surface area (Å²) in [6.45, 7) is 5.22. The van der Waals surface area contributed by atoms with E-state index < -0.39 is 21.9 Å². The number of hydrogen-bond acceptors (Lipinski definition) is 3. The molecule has 1 rings (SSSR count). The maximum absolute atomic E-state index is 13.6. The van der Waals surface area contributed by atoms with E-state index in [9.17, 15) is 17.9 Å². The standard InChI is InChI=1S/C13H20FNO3S/c1-9(2)6-11(8-16)15-19(17,18)13-7-10(3)4-5-12(13)14/h4-5,7,9,11,15-16H,6,8H2,1-3H3. The van der Waals surface area contributed by atoms with E-state index in [-0.39, 0.29) is 17.4 Å². The minimum absolute atomic E-state index is 0.224. The molecule has 1 aromatic rings. The van der Waals surface area contributed by atoms with Crippen molar-refractivity contribution >= 4 is 10.0 Å². The van der Waals surface area contributed by atoms with Gasteiger partial charge in [-0.2, -0.15) is 0 Å². The second-order valence-corrected chi connectivity index (χ2v) is 6.75. The Balaban J connectivity index is 3.00. The molecule has 0 saturated carbocycles. The average Bonchev–Trinajstić information content (AvgIpc) is 2.30. The number of aryl methyl sites for hydroxylation is 1. The van der Waals surface area contributed by atoms with Gasteiger partial charge in [-0.05, 0) is 37.0 Å². The first-order chi connectivity index (χ1) is 8.76. The Morgan fingerprint density at radius 1 is 1.37 bits per heavy atom. The maximum Gasteiger partial charge on any atom is 0.243 e. The molecule has 0 aromatic heterocycles. The molecule has 0 bridgehead atoms. The molecule has 4 nitrogen and oxygen atoms in total. The molecule has 0 aliphatic carbocycles. The van der Waals surface area contributed by atoms with Crippen molar-refractivity contribution < 1.29 is 17.9 Å². The molecular weight excluding hydrogens is 269 g/mol. The molecule has 1 unspecified atom stereocenters. The molecule has 108 valence electrons. The molecule has 0 amide bonds. The molecule has 1 atom stereocenters. The van der Waals surface area contributed by atoms with Gasteiger partial charge in [-0.3, -0.25) is 0 Å². The van der Waals surface area contributed by atoms with Crippen molar-refractivity contribution in [3.05, 3.63) is 29.6 Å². The molecule has 2 N–H and O–H groups in total. The SMILES string of the molecule is Cc1ccc(F)c(S(=O)(=O)NC(CO)CC(C)C)c1. The monoisotopic (exact) mass is 289 g/mol. The Hall–Kier alpha value is -0.980. The Kier molecular flexibility index (Phi) is 5.46. The zero-order chi connectivity index (χ0) is 14.6. The Morgan fingerprint density at radius 2 is 2.00 bits per heavy atom. The number of halogens is 1. The van der Waals surface area contributed by atoms with Crippen LogP contribution in [0.2, 0.25) is 0 Å². The zero-order valence-corrected chi connectivity index (χ0v) is 12.2. The number of aliphatic hydroxyl groups is 1. The molecular formula is C13H20FNO3S. The Bertz CT molecular complexity index is 529. The van der Waals surface area contributed by atoms with Gasteiger partial charge in [0.15, 0.2) is 0 Å². The predicted octanol–water partition coefficient (Wildman–Crippen LogP) is 1.82. The molecule has 6 heteroatoms. The first kappa shape index (κ1) is 16.1. The lowest BCUT2D eigenvalue weighted by atomic mass is 10.1. The number of benzene rings is 1. The maximum atomic E-state index is 13.6. The average molecular weight is 289 g/mol. The fourth-order valence-corrected chi connectivity index (χ4v) is 3.23. The van der Waals surface area contributed by atoms with Crippen LogP contribution in [0.4, 0.5) is 4.39 Å². The first-order valence-electron chi connectivity index (χ1n) is 6.15. The summed E-state index contributed by atoms with van der Waals surface area (Å²) in [5.74, 6) is -0.568. The van der Waals surface area contributed by atoms with Crippen LogP contribution >= 0.6 is 0 Å². The van der Waals surface area contributed by atoms with Gasteiger partial charge in [0.05, 0.1) is 6.61 Å². The van der Waals surface area contributed by atoms with Gasteiger partial charge < -0.3 is 5.11 Å². The van der Waals surface area contributed by atoms with Crippen molar-refractivity contribution in [2.45, 2.75) is 38.1 Å². The highest BCUT2D eigenvalue weighted by Crippen LogP contribution is 2.17. The molecule has 0 spiro atoms. The van der Waals surface area contributed by atoms with Gasteiger partial charge in [0.1, 0.15) is 10.7 Å². The summed E-state index contributed by atoms with van der Waals surface area (Å²) in [6.07, 6.45) is 0.489. The summed E-state index contributed by atoms with van der Waals surface area (Å²) in [6, 6.07) is 3.30. The molecule has 0 aliphatic heterocycles. The van der Waals surface area contributed by atoms with Crippen LogP contribution in [-0.2, 0) is 10.0 Å². The van der Waals surface area contributed by atoms with E-state index in [4.69, 9.17) is 0 Å². The quantitative estimate of drug-likeness (QED) is 0.839. The van der Waals surface area contributed by atoms with E-state index in [0.717, 1.165) is 6.07 Å². The van der Waals surface area contributed by atoms with Gasteiger partial charge in [0, 0.05) is 6.04 Å². The van der Waals surface area contributed by atoms with Crippen molar-refractivity contribution in [1.29, 1.82) is 0 Å². The summed E-state index contributed by atoms with van der Waals surface area (Å²) in [4.78, 5) is -0.380. The molecule has 19 heavy (non-hydrogen) atoms. The lowest BCUT2D eigenvalue weighted by Gasteiger charge is -2.18. The van der Waals surface area contributed by atoms with Crippen LogP contribution in [0.5, 0.6) is 0 Å². The van der Waals surface area contributed by atoms with Gasteiger partial charge >= 0.3 is 0 Å². The van der Waals surface area contributed by atoms with Gasteiger partial charge in [-0.15, -0.1) is 0 Å². The first-order valence-corrected chi connectivity index (χ1v) is 7.64. The zero-order valence-electron chi connectivity index (χ0n) is 11.4. The summed E-state index contributed by atoms with van der Waals surface area (Å²) < 4.78 is 40.1. The minimum atomic E-state index is -3.96. The number of sulfonamides is 1. The van der Waals surface area contributed by atoms with E-state index in [1.807, 2.05) is 13.8 Å². The summed E-state index contributed by atoms with van der Waals surface area (Å²) in [5, 5.41) is 9.19. The van der Waals surface area contributed by atoms with Crippen LogP contribution in [0.1, 0.15) is 25.8 Å². The van der Waals surface area contributed by atoms with Crippen molar-refractivity contribution in [1.82, 2.24) is 4.72 Å². The number of aliphatic hydroxyl groups excluding tert-OH is 1. The third-order valence-electron chi connectivity index (χ3n) is 2.67. The Morgan fingerprint density at radius 3 is 2.53 bits per heavy atom. The molecule has 0 saturated heterocycles. The van der Waals surface area contributed by atoms with E-state index in [2.05, 4.69) is 4.72 Å². The van der Waals surface area contributed by atoms with Gasteiger partial charge in [0.2, 0.25) is 10.0 Å². The number of hydrogen-bond donors (Lipinski definition) is 2. The van der Waals surface area contributed by atoms with Crippen LogP contribution in [-0.4, -0.2) is 26.2 Å². The minimum Gasteiger partial charge on any atom is -0.395 e. The number of nitrogens with one attached hydrogen (secondary N) is 1. The third kappa shape index (κ3) is 4.56. The topological polar surface area (TPSA) is 66.4 Å². The van der Waals surface area contributed by atoms with Crippen molar-refractivity contribution in [3.63, 3.8) is 0 Å². The molecule has 0 aliphatic rings. The van der Waals surface area contributed by atoms with Crippen molar-refractivity contribution in [2.75, 3.05) is 6.61 Å². The van der Waals surface area contributed by atoms with Crippen LogP contribution < -0.4 is 4.72 Å². The van der Waals surface area contributed by atoms with Crippen molar-refractivity contribution in [2.24, 2.45) is 5.92 Å². The van der Waals surface area contributed by atoms with E-state index in [1.54, 1.807) is 6.92 Å². The van der Waals surface area contributed by atoms with Crippen LogP contribution in [0.3, 0.4) is 0 Å². The van der Waals surface area contributed by atoms with E-state index in [1.165, 1.54) is 12.1 Å². The van der Waals surface area contributed by atoms with Crippen LogP contribution in [0, 0.1) is 18.7 Å². The normalized spacial score (nSPS) is 13.8. The second-order valence-electron chi connectivity index (χ2n) is 5.06. The summed E-state index contributed by atoms with van der Waals surface area (Å²) >= 11 is 0. The highest BCUT2D eigenvalue weighted by molar-refractivity contribution is 7.89. The number of rotatable bonds is 6. The Labute approximate surface area is 113 Å². The molecule has 0 heterocycles. The largest absolute Gasteiger partial charge is 0.395 e. The third-order valence-corrected chi connectivity index (χ3v) is 4.21. The smallest absolute Gasteiger partial charge is 0.243 e. The van der Waals surface area contributed by atoms with Gasteiger partial charge in [-0.25, -0.2) is 17.5 Å². The highest BCUT2D eigenvalue weighted by Gasteiger charge is 2.23. The van der Waals surface area contributed by atoms with Crippen LogP contribution in [0.25, 0.3) is 0 Å². The lowest BCUT2D eigenvalue weighted by Crippen LogP contribution is -2.38. The van der Waals surface area contributed by atoms with E-state index >= 15 is 0 Å². The molecule has 0 radical (unpaired) electrons. The molecule has 0 fully saturated rings. The fraction of sp³-hybridized carbons (Fsp3) is 0.538. The lowest BCUT2D eigenvalue weighted by molar-refractivity contribution is 0.240. The fourth-order valence-electron chi connectivity index (χ4n) is 1.83.